The van der Waals surface area contributed by atoms with Crippen LogP contribution in [-0.2, 0) is 0 Å². The summed E-state index contributed by atoms with van der Waals surface area (Å²) in [5.41, 5.74) is 1.91. The minimum absolute atomic E-state index is 0.0561. The Labute approximate surface area is 130 Å². The third-order valence-electron chi connectivity index (χ3n) is 5.11. The SMILES string of the molecule is Cc1cccc2cc(C(=O)N3C[C@@H]4CC[C@H]3CN(C)C4)oc12. The van der Waals surface area contributed by atoms with Gasteiger partial charge in [-0.05, 0) is 44.4 Å². The van der Waals surface area contributed by atoms with Crippen LogP contribution in [0.25, 0.3) is 11.0 Å². The van der Waals surface area contributed by atoms with Crippen LogP contribution in [0.15, 0.2) is 28.7 Å². The number of amides is 1. The summed E-state index contributed by atoms with van der Waals surface area (Å²) >= 11 is 0. The molecule has 1 aromatic heterocycles. The Hall–Kier alpha value is -1.81. The second-order valence-electron chi connectivity index (χ2n) is 6.88. The summed E-state index contributed by atoms with van der Waals surface area (Å²) in [7, 11) is 2.16. The molecule has 1 aromatic carbocycles. The summed E-state index contributed by atoms with van der Waals surface area (Å²) in [6, 6.07) is 8.25. The highest BCUT2D eigenvalue weighted by Gasteiger charge is 2.37. The number of furan rings is 1. The monoisotopic (exact) mass is 298 g/mol. The quantitative estimate of drug-likeness (QED) is 0.812. The molecule has 3 fully saturated rings. The summed E-state index contributed by atoms with van der Waals surface area (Å²) < 4.78 is 5.88. The molecular weight excluding hydrogens is 276 g/mol. The number of benzene rings is 1. The van der Waals surface area contributed by atoms with Crippen molar-refractivity contribution in [2.24, 2.45) is 5.92 Å². The van der Waals surface area contributed by atoms with Crippen LogP contribution in [0, 0.1) is 12.8 Å². The minimum Gasteiger partial charge on any atom is -0.451 e. The number of hydrogen-bond acceptors (Lipinski definition) is 3. The Morgan fingerprint density at radius 1 is 1.23 bits per heavy atom. The van der Waals surface area contributed by atoms with Crippen molar-refractivity contribution in [3.05, 3.63) is 35.6 Å². The number of hydrogen-bond donors (Lipinski definition) is 0. The van der Waals surface area contributed by atoms with Gasteiger partial charge < -0.3 is 14.2 Å². The van der Waals surface area contributed by atoms with Gasteiger partial charge in [-0.3, -0.25) is 4.79 Å². The van der Waals surface area contributed by atoms with Crippen molar-refractivity contribution in [1.82, 2.24) is 9.80 Å². The molecule has 0 radical (unpaired) electrons. The predicted octanol–water partition coefficient (Wildman–Crippen LogP) is 2.91. The molecule has 4 nitrogen and oxygen atoms in total. The maximum atomic E-state index is 12.9. The topological polar surface area (TPSA) is 36.7 Å². The average Bonchev–Trinajstić information content (AvgIpc) is 2.77. The zero-order chi connectivity index (χ0) is 15.3. The Balaban J connectivity index is 1.67. The number of aryl methyl sites for hydroxylation is 1. The molecule has 1 amide bonds. The van der Waals surface area contributed by atoms with Crippen molar-refractivity contribution in [1.29, 1.82) is 0 Å². The van der Waals surface area contributed by atoms with E-state index in [-0.39, 0.29) is 5.91 Å². The summed E-state index contributed by atoms with van der Waals surface area (Å²) in [5.74, 6) is 1.14. The van der Waals surface area contributed by atoms with Gasteiger partial charge in [-0.1, -0.05) is 18.2 Å². The van der Waals surface area contributed by atoms with Crippen LogP contribution in [0.1, 0.15) is 29.0 Å². The van der Waals surface area contributed by atoms with E-state index in [2.05, 4.69) is 11.9 Å². The largest absolute Gasteiger partial charge is 0.451 e. The van der Waals surface area contributed by atoms with E-state index in [9.17, 15) is 4.79 Å². The molecular formula is C18H22N2O2. The second kappa shape index (κ2) is 5.13. The number of likely N-dealkylation sites (N-methyl/N-ethyl adjacent to an activating group) is 1. The first-order valence-corrected chi connectivity index (χ1v) is 8.10. The van der Waals surface area contributed by atoms with Gasteiger partial charge in [0.1, 0.15) is 5.58 Å². The van der Waals surface area contributed by atoms with Gasteiger partial charge in [0.15, 0.2) is 5.76 Å². The molecule has 3 aliphatic heterocycles. The van der Waals surface area contributed by atoms with E-state index in [0.29, 0.717) is 17.7 Å². The second-order valence-corrected chi connectivity index (χ2v) is 6.88. The van der Waals surface area contributed by atoms with Crippen molar-refractivity contribution in [2.45, 2.75) is 25.8 Å². The van der Waals surface area contributed by atoms with Crippen molar-refractivity contribution in [2.75, 3.05) is 26.7 Å². The number of fused-ring (bicyclic) bond motifs is 5. The first kappa shape index (κ1) is 13.8. The average molecular weight is 298 g/mol. The standard InChI is InChI=1S/C18H22N2O2/c1-12-4-3-5-14-8-16(22-17(12)14)18(21)20-10-13-6-7-15(20)11-19(2)9-13/h3-5,8,13,15H,6-7,9-11H2,1-2H3/t13-,15+/m1/s1. The summed E-state index contributed by atoms with van der Waals surface area (Å²) in [6.45, 7) is 4.95. The number of piperidine rings is 1. The molecule has 5 rings (SSSR count). The predicted molar refractivity (Wildman–Crippen MR) is 86.0 cm³/mol. The molecule has 116 valence electrons. The van der Waals surface area contributed by atoms with E-state index >= 15 is 0 Å². The van der Waals surface area contributed by atoms with Gasteiger partial charge in [0.25, 0.3) is 5.91 Å². The van der Waals surface area contributed by atoms with E-state index < -0.39 is 0 Å². The van der Waals surface area contributed by atoms with E-state index in [4.69, 9.17) is 4.42 Å². The number of carbonyl (C=O) groups is 1. The Morgan fingerprint density at radius 2 is 2.09 bits per heavy atom. The molecule has 2 atom stereocenters. The fraction of sp³-hybridized carbons (Fsp3) is 0.500. The molecule has 0 unspecified atom stereocenters. The van der Waals surface area contributed by atoms with Crippen LogP contribution < -0.4 is 0 Å². The van der Waals surface area contributed by atoms with Gasteiger partial charge >= 0.3 is 0 Å². The molecule has 4 heterocycles. The lowest BCUT2D eigenvalue weighted by molar-refractivity contribution is 0.0557. The van der Waals surface area contributed by atoms with Gasteiger partial charge in [0.2, 0.25) is 0 Å². The van der Waals surface area contributed by atoms with Gasteiger partial charge in [-0.15, -0.1) is 0 Å². The fourth-order valence-electron chi connectivity index (χ4n) is 4.02. The van der Waals surface area contributed by atoms with Crippen LogP contribution in [0.2, 0.25) is 0 Å². The van der Waals surface area contributed by atoms with E-state index in [1.54, 1.807) is 0 Å². The van der Waals surface area contributed by atoms with Crippen LogP contribution in [-0.4, -0.2) is 48.4 Å². The smallest absolute Gasteiger partial charge is 0.289 e. The van der Waals surface area contributed by atoms with Gasteiger partial charge in [-0.25, -0.2) is 0 Å². The highest BCUT2D eigenvalue weighted by atomic mass is 16.3. The lowest BCUT2D eigenvalue weighted by Crippen LogP contribution is -2.47. The molecule has 4 heteroatoms. The molecule has 0 spiro atoms. The van der Waals surface area contributed by atoms with Crippen molar-refractivity contribution < 1.29 is 9.21 Å². The third-order valence-corrected chi connectivity index (χ3v) is 5.11. The number of carbonyl (C=O) groups excluding carboxylic acids is 1. The van der Waals surface area contributed by atoms with Crippen LogP contribution >= 0.6 is 0 Å². The van der Waals surface area contributed by atoms with Gasteiger partial charge in [0, 0.05) is 31.1 Å². The van der Waals surface area contributed by atoms with Crippen LogP contribution in [0.5, 0.6) is 0 Å². The first-order valence-electron chi connectivity index (χ1n) is 8.10. The highest BCUT2D eigenvalue weighted by Crippen LogP contribution is 2.30. The zero-order valence-corrected chi connectivity index (χ0v) is 13.2. The molecule has 22 heavy (non-hydrogen) atoms. The van der Waals surface area contributed by atoms with Crippen LogP contribution in [0.4, 0.5) is 0 Å². The summed E-state index contributed by atoms with van der Waals surface area (Å²) in [6.07, 6.45) is 2.35. The summed E-state index contributed by atoms with van der Waals surface area (Å²) in [4.78, 5) is 17.3. The molecule has 0 saturated carbocycles. The molecule has 0 N–H and O–H groups in total. The maximum Gasteiger partial charge on any atom is 0.289 e. The number of para-hydroxylation sites is 1. The lowest BCUT2D eigenvalue weighted by atomic mass is 9.95. The highest BCUT2D eigenvalue weighted by molar-refractivity contribution is 5.97. The van der Waals surface area contributed by atoms with E-state index in [0.717, 1.165) is 42.6 Å². The zero-order valence-electron chi connectivity index (χ0n) is 13.2. The molecule has 3 aliphatic rings. The first-order chi connectivity index (χ1) is 10.6. The van der Waals surface area contributed by atoms with Crippen molar-refractivity contribution >= 4 is 16.9 Å². The fourth-order valence-corrected chi connectivity index (χ4v) is 4.02. The molecule has 3 saturated heterocycles. The summed E-state index contributed by atoms with van der Waals surface area (Å²) in [5, 5.41) is 1.01. The van der Waals surface area contributed by atoms with Gasteiger partial charge in [-0.2, -0.15) is 0 Å². The number of nitrogens with zero attached hydrogens (tertiary/aromatic N) is 2. The Bertz CT molecular complexity index is 721. The molecule has 2 bridgehead atoms. The lowest BCUT2D eigenvalue weighted by Gasteiger charge is -2.35. The molecule has 0 aliphatic carbocycles. The van der Waals surface area contributed by atoms with Crippen molar-refractivity contribution in [3.63, 3.8) is 0 Å². The molecule has 2 aromatic rings. The van der Waals surface area contributed by atoms with E-state index in [1.165, 1.54) is 6.42 Å². The third kappa shape index (κ3) is 2.22. The normalized spacial score (nSPS) is 25.6. The van der Waals surface area contributed by atoms with Gasteiger partial charge in [0.05, 0.1) is 0 Å². The Morgan fingerprint density at radius 3 is 2.91 bits per heavy atom. The maximum absolute atomic E-state index is 12.9. The van der Waals surface area contributed by atoms with E-state index in [1.807, 2.05) is 36.1 Å². The minimum atomic E-state index is 0.0561. The van der Waals surface area contributed by atoms with Crippen LogP contribution in [0.3, 0.4) is 0 Å². The number of rotatable bonds is 1. The van der Waals surface area contributed by atoms with Crippen molar-refractivity contribution in [3.8, 4) is 0 Å². The Kier molecular flexibility index (Phi) is 3.22.